The molecule has 4 N–H and O–H groups in total. The van der Waals surface area contributed by atoms with Crippen molar-refractivity contribution in [2.24, 2.45) is 0 Å². The van der Waals surface area contributed by atoms with Crippen molar-refractivity contribution in [3.8, 4) is 22.5 Å². The minimum Gasteiger partial charge on any atom is -0.448 e. The van der Waals surface area contributed by atoms with Gasteiger partial charge in [-0.3, -0.25) is 4.57 Å². The first kappa shape index (κ1) is 16.1. The quantitative estimate of drug-likeness (QED) is 0.474. The largest absolute Gasteiger partial charge is 0.448 e. The van der Waals surface area contributed by atoms with E-state index in [1.165, 1.54) is 17.4 Å². The molecule has 0 fully saturated rings. The predicted molar refractivity (Wildman–Crippen MR) is 98.8 cm³/mol. The fourth-order valence-corrected chi connectivity index (χ4v) is 4.03. The number of furan rings is 1. The second-order valence-electron chi connectivity index (χ2n) is 5.47. The number of thiazole rings is 1. The van der Waals surface area contributed by atoms with Crippen LogP contribution in [-0.2, 0) is 4.57 Å². The summed E-state index contributed by atoms with van der Waals surface area (Å²) in [5.41, 5.74) is 8.99. The van der Waals surface area contributed by atoms with E-state index < -0.39 is 7.60 Å². The third kappa shape index (κ3) is 2.99. The highest BCUT2D eigenvalue weighted by molar-refractivity contribution is 7.59. The summed E-state index contributed by atoms with van der Waals surface area (Å²) < 4.78 is 17.6. The molecule has 4 aromatic rings. The lowest BCUT2D eigenvalue weighted by Crippen LogP contribution is -1.98. The maximum Gasteiger partial charge on any atom is 0.391 e. The van der Waals surface area contributed by atoms with E-state index in [0.29, 0.717) is 10.9 Å². The van der Waals surface area contributed by atoms with Crippen LogP contribution in [0.5, 0.6) is 0 Å². The van der Waals surface area contributed by atoms with E-state index in [-0.39, 0.29) is 5.50 Å². The lowest BCUT2D eigenvalue weighted by molar-refractivity contribution is 0.377. The summed E-state index contributed by atoms with van der Waals surface area (Å²) in [6.45, 7) is 0. The van der Waals surface area contributed by atoms with Crippen molar-refractivity contribution >= 4 is 39.8 Å². The molecule has 0 aliphatic rings. The fourth-order valence-electron chi connectivity index (χ4n) is 2.67. The summed E-state index contributed by atoms with van der Waals surface area (Å²) in [5.74, 6) is 0.399. The van der Waals surface area contributed by atoms with E-state index >= 15 is 0 Å². The van der Waals surface area contributed by atoms with Gasteiger partial charge in [0.1, 0.15) is 5.76 Å². The Balaban J connectivity index is 1.82. The summed E-state index contributed by atoms with van der Waals surface area (Å²) in [6, 6.07) is 16.2. The van der Waals surface area contributed by atoms with Crippen molar-refractivity contribution in [1.82, 2.24) is 4.98 Å². The second kappa shape index (κ2) is 5.82. The van der Waals surface area contributed by atoms with Crippen LogP contribution >= 0.6 is 18.9 Å². The number of fused-ring (bicyclic) bond motifs is 1. The lowest BCUT2D eigenvalue weighted by atomic mass is 10.0. The molecular formula is C17H13N2O4PS. The SMILES string of the molecule is Nc1nc2cccc(-c3cccc(-c4ccc(P(=O)(O)O)o4)c3)c2s1. The van der Waals surface area contributed by atoms with Crippen LogP contribution in [-0.4, -0.2) is 14.8 Å². The van der Waals surface area contributed by atoms with Crippen molar-refractivity contribution < 1.29 is 18.8 Å². The van der Waals surface area contributed by atoms with Gasteiger partial charge in [-0.05, 0) is 29.8 Å². The van der Waals surface area contributed by atoms with E-state index in [1.807, 2.05) is 42.5 Å². The maximum atomic E-state index is 11.3. The summed E-state index contributed by atoms with van der Waals surface area (Å²) >= 11 is 1.42. The van der Waals surface area contributed by atoms with E-state index in [9.17, 15) is 14.4 Å². The zero-order valence-corrected chi connectivity index (χ0v) is 14.5. The third-order valence-electron chi connectivity index (χ3n) is 3.77. The van der Waals surface area contributed by atoms with Gasteiger partial charge in [-0.15, -0.1) is 0 Å². The second-order valence-corrected chi connectivity index (χ2v) is 8.03. The summed E-state index contributed by atoms with van der Waals surface area (Å²) in [5, 5.41) is 0.510. The molecular weight excluding hydrogens is 359 g/mol. The molecule has 4 rings (SSSR count). The number of anilines is 1. The molecule has 0 aliphatic heterocycles. The number of nitrogens with zero attached hydrogens (tertiary/aromatic N) is 1. The molecule has 126 valence electrons. The normalized spacial score (nSPS) is 11.9. The number of rotatable bonds is 3. The Morgan fingerprint density at radius 1 is 1.04 bits per heavy atom. The zero-order valence-electron chi connectivity index (χ0n) is 12.8. The molecule has 0 aliphatic carbocycles. The van der Waals surface area contributed by atoms with Gasteiger partial charge >= 0.3 is 7.60 Å². The first-order chi connectivity index (χ1) is 11.9. The van der Waals surface area contributed by atoms with Crippen molar-refractivity contribution in [1.29, 1.82) is 0 Å². The molecule has 0 saturated carbocycles. The van der Waals surface area contributed by atoms with Gasteiger partial charge in [-0.2, -0.15) is 0 Å². The molecule has 6 nitrogen and oxygen atoms in total. The summed E-state index contributed by atoms with van der Waals surface area (Å²) in [6.07, 6.45) is 0. The minimum atomic E-state index is -4.40. The number of benzene rings is 2. The molecule has 0 spiro atoms. The van der Waals surface area contributed by atoms with Gasteiger partial charge in [0, 0.05) is 11.1 Å². The summed E-state index contributed by atoms with van der Waals surface area (Å²) in [7, 11) is -4.40. The van der Waals surface area contributed by atoms with E-state index in [1.54, 1.807) is 6.07 Å². The number of nitrogen functional groups attached to an aromatic ring is 1. The van der Waals surface area contributed by atoms with Crippen LogP contribution in [0.3, 0.4) is 0 Å². The van der Waals surface area contributed by atoms with Crippen molar-refractivity contribution in [2.75, 3.05) is 5.73 Å². The van der Waals surface area contributed by atoms with Gasteiger partial charge in [0.2, 0.25) is 5.50 Å². The molecule has 0 saturated heterocycles. The van der Waals surface area contributed by atoms with E-state index in [2.05, 4.69) is 4.98 Å². The molecule has 8 heteroatoms. The highest BCUT2D eigenvalue weighted by Gasteiger charge is 2.22. The molecule has 0 amide bonds. The monoisotopic (exact) mass is 372 g/mol. The number of nitrogens with two attached hydrogens (primary N) is 1. The predicted octanol–water partition coefficient (Wildman–Crippen LogP) is 3.61. The van der Waals surface area contributed by atoms with Gasteiger partial charge in [-0.1, -0.05) is 41.7 Å². The Hall–Kier alpha value is -2.44. The lowest BCUT2D eigenvalue weighted by Gasteiger charge is -2.05. The number of aromatic nitrogens is 1. The Morgan fingerprint density at radius 3 is 2.56 bits per heavy atom. The molecule has 0 bridgehead atoms. The standard InChI is InChI=1S/C17H13N2O4PS/c18-17-19-13-6-2-5-12(16(13)25-17)10-3-1-4-11(9-10)14-7-8-15(23-14)24(20,21)22/h1-9H,(H2,18,19)(H2,20,21,22). The first-order valence-electron chi connectivity index (χ1n) is 7.33. The molecule has 2 aromatic carbocycles. The highest BCUT2D eigenvalue weighted by atomic mass is 32.1. The van der Waals surface area contributed by atoms with Gasteiger partial charge in [0.25, 0.3) is 0 Å². The number of hydrogen-bond acceptors (Lipinski definition) is 5. The average Bonchev–Trinajstić information content (AvgIpc) is 3.20. The third-order valence-corrected chi connectivity index (χ3v) is 5.52. The van der Waals surface area contributed by atoms with Crippen LogP contribution in [0.25, 0.3) is 32.7 Å². The smallest absolute Gasteiger partial charge is 0.391 e. The van der Waals surface area contributed by atoms with E-state index in [4.69, 9.17) is 10.2 Å². The Bertz CT molecular complexity index is 1130. The topological polar surface area (TPSA) is 110 Å². The number of hydrogen-bond donors (Lipinski definition) is 3. The van der Waals surface area contributed by atoms with Crippen LogP contribution in [0.15, 0.2) is 59.0 Å². The summed E-state index contributed by atoms with van der Waals surface area (Å²) in [4.78, 5) is 22.7. The average molecular weight is 372 g/mol. The molecule has 0 radical (unpaired) electrons. The molecule has 2 heterocycles. The Morgan fingerprint density at radius 2 is 1.80 bits per heavy atom. The van der Waals surface area contributed by atoms with Crippen LogP contribution in [0.4, 0.5) is 5.13 Å². The Kier molecular flexibility index (Phi) is 3.74. The van der Waals surface area contributed by atoms with Crippen LogP contribution in [0.1, 0.15) is 0 Å². The maximum absolute atomic E-state index is 11.3. The van der Waals surface area contributed by atoms with Gasteiger partial charge < -0.3 is 19.9 Å². The van der Waals surface area contributed by atoms with Crippen molar-refractivity contribution in [3.63, 3.8) is 0 Å². The van der Waals surface area contributed by atoms with Crippen LogP contribution < -0.4 is 11.2 Å². The van der Waals surface area contributed by atoms with Crippen molar-refractivity contribution in [3.05, 3.63) is 54.6 Å². The van der Waals surface area contributed by atoms with Crippen molar-refractivity contribution in [2.45, 2.75) is 0 Å². The van der Waals surface area contributed by atoms with Crippen LogP contribution in [0, 0.1) is 0 Å². The van der Waals surface area contributed by atoms with Gasteiger partial charge in [0.05, 0.1) is 10.2 Å². The van der Waals surface area contributed by atoms with Gasteiger partial charge in [0.15, 0.2) is 5.13 Å². The fraction of sp³-hybridized carbons (Fsp3) is 0. The minimum absolute atomic E-state index is 0.342. The first-order valence-corrected chi connectivity index (χ1v) is 9.76. The molecule has 25 heavy (non-hydrogen) atoms. The zero-order chi connectivity index (χ0) is 17.6. The highest BCUT2D eigenvalue weighted by Crippen LogP contribution is 2.37. The van der Waals surface area contributed by atoms with E-state index in [0.717, 1.165) is 26.9 Å². The van der Waals surface area contributed by atoms with Crippen LogP contribution in [0.2, 0.25) is 0 Å². The Labute approximate surface area is 146 Å². The van der Waals surface area contributed by atoms with Gasteiger partial charge in [-0.25, -0.2) is 4.98 Å². The molecule has 2 aromatic heterocycles. The molecule has 0 atom stereocenters. The molecule has 0 unspecified atom stereocenters.